The van der Waals surface area contributed by atoms with Gasteiger partial charge < -0.3 is 0 Å². The Bertz CT molecular complexity index is 372. The van der Waals surface area contributed by atoms with Crippen molar-refractivity contribution in [1.82, 2.24) is 13.3 Å². The summed E-state index contributed by atoms with van der Waals surface area (Å²) in [5.74, 6) is 1.35. The Labute approximate surface area is 97.5 Å². The molecule has 1 aromatic rings. The van der Waals surface area contributed by atoms with E-state index in [1.165, 1.54) is 5.57 Å². The molecule has 0 aromatic carbocycles. The molecule has 0 bridgehead atoms. The molecule has 2 rings (SSSR count). The van der Waals surface area contributed by atoms with E-state index in [4.69, 9.17) is 4.42 Å². The molecular weight excluding hydrogens is 305 g/mol. The molecule has 5 heteroatoms. The summed E-state index contributed by atoms with van der Waals surface area (Å²) >= 11 is -0.806. The topological polar surface area (TPSA) is 42.2 Å². The van der Waals surface area contributed by atoms with Crippen LogP contribution in [0.3, 0.4) is 0 Å². The molecule has 0 atom stereocenters. The maximum atomic E-state index is 5.42. The molecule has 15 heavy (non-hydrogen) atoms. The molecule has 0 N–H and O–H groups in total. The van der Waals surface area contributed by atoms with Crippen molar-refractivity contribution >= 4 is 25.7 Å². The molecule has 2 heterocycles. The quantitative estimate of drug-likeness (QED) is 0.476. The summed E-state index contributed by atoms with van der Waals surface area (Å²) < 4.78 is 8.00. The molecule has 0 spiro atoms. The maximum absolute atomic E-state index is 5.42. The second kappa shape index (κ2) is 4.61. The van der Waals surface area contributed by atoms with Crippen LogP contribution in [0.4, 0.5) is 0 Å². The number of halogens is 1. The average molecular weight is 321 g/mol. The third-order valence-electron chi connectivity index (χ3n) is 2.44. The molecule has 0 radical (unpaired) electrons. The summed E-state index contributed by atoms with van der Waals surface area (Å²) in [5.41, 5.74) is 1.21. The van der Waals surface area contributed by atoms with Crippen LogP contribution in [-0.2, 0) is 0 Å². The number of nitrogens with zero attached hydrogens (tertiary/aromatic N) is 3. The van der Waals surface area contributed by atoms with Crippen molar-refractivity contribution in [2.45, 2.75) is 13.3 Å². The average Bonchev–Trinajstić information content (AvgIpc) is 2.65. The Morgan fingerprint density at radius 1 is 1.40 bits per heavy atom. The number of aryl methyl sites for hydroxylation is 1. The minimum atomic E-state index is -0.806. The van der Waals surface area contributed by atoms with Gasteiger partial charge in [-0.15, -0.1) is 0 Å². The summed E-state index contributed by atoms with van der Waals surface area (Å²) in [5, 5.41) is 7.90. The van der Waals surface area contributed by atoms with Crippen LogP contribution >= 0.6 is 20.1 Å². The predicted molar refractivity (Wildman–Crippen MR) is 69.1 cm³/mol. The van der Waals surface area contributed by atoms with Crippen LogP contribution in [0, 0.1) is 6.92 Å². The molecule has 4 nitrogen and oxygen atoms in total. The summed E-state index contributed by atoms with van der Waals surface area (Å²) in [6, 6.07) is 0. The number of aromatic nitrogens is 2. The van der Waals surface area contributed by atoms with E-state index >= 15 is 0 Å². The van der Waals surface area contributed by atoms with Gasteiger partial charge in [-0.2, -0.15) is 0 Å². The minimum absolute atomic E-state index is 0.646. The first-order valence-corrected chi connectivity index (χ1v) is 10.2. The molecule has 0 unspecified atom stereocenters. The summed E-state index contributed by atoms with van der Waals surface area (Å²) in [7, 11) is 0. The third kappa shape index (κ3) is 2.57. The number of hydrogen-bond acceptors (Lipinski definition) is 4. The first-order chi connectivity index (χ1) is 7.16. The number of rotatable bonds is 2. The fourth-order valence-electron chi connectivity index (χ4n) is 1.57. The van der Waals surface area contributed by atoms with Crippen molar-refractivity contribution in [2.24, 2.45) is 0 Å². The van der Waals surface area contributed by atoms with Gasteiger partial charge in [-0.3, -0.25) is 0 Å². The van der Waals surface area contributed by atoms with Crippen LogP contribution < -0.4 is 0 Å². The van der Waals surface area contributed by atoms with Crippen LogP contribution in [0.2, 0.25) is 0 Å². The molecule has 1 aliphatic rings. The van der Waals surface area contributed by atoms with Crippen LogP contribution in [0.1, 0.15) is 18.2 Å². The Morgan fingerprint density at radius 2 is 2.20 bits per heavy atom. The molecule has 0 aliphatic carbocycles. The van der Waals surface area contributed by atoms with Gasteiger partial charge in [-0.25, -0.2) is 0 Å². The summed E-state index contributed by atoms with van der Waals surface area (Å²) in [4.78, 5) is 4.75. The molecule has 1 aliphatic heterocycles. The van der Waals surface area contributed by atoms with Gasteiger partial charge in [0.15, 0.2) is 0 Å². The molecule has 0 saturated carbocycles. The first-order valence-electron chi connectivity index (χ1n) is 4.91. The predicted octanol–water partition coefficient (Wildman–Crippen LogP) is 2.15. The fourth-order valence-corrected chi connectivity index (χ4v) is 3.76. The van der Waals surface area contributed by atoms with E-state index in [2.05, 4.69) is 29.2 Å². The summed E-state index contributed by atoms with van der Waals surface area (Å²) in [6.45, 7) is 4.02. The molecule has 0 amide bonds. The van der Waals surface area contributed by atoms with Crippen LogP contribution in [0.25, 0.3) is 5.57 Å². The molecule has 84 valence electrons. The zero-order valence-electron chi connectivity index (χ0n) is 9.33. The van der Waals surface area contributed by atoms with Gasteiger partial charge in [-0.1, -0.05) is 0 Å². The van der Waals surface area contributed by atoms with E-state index in [1.807, 2.05) is 6.92 Å². The van der Waals surface area contributed by atoms with E-state index in [-0.39, 0.29) is 0 Å². The second-order valence-electron chi connectivity index (χ2n) is 3.69. The van der Waals surface area contributed by atoms with Crippen molar-refractivity contribution in [1.29, 1.82) is 0 Å². The van der Waals surface area contributed by atoms with Gasteiger partial charge in [0, 0.05) is 0 Å². The van der Waals surface area contributed by atoms with Gasteiger partial charge in [0.1, 0.15) is 0 Å². The Morgan fingerprint density at radius 3 is 2.67 bits per heavy atom. The number of hydrogen-bond donors (Lipinski definition) is 0. The van der Waals surface area contributed by atoms with Crippen molar-refractivity contribution in [3.8, 4) is 0 Å². The first kappa shape index (κ1) is 11.1. The van der Waals surface area contributed by atoms with E-state index in [0.717, 1.165) is 19.5 Å². The zero-order chi connectivity index (χ0) is 10.8. The van der Waals surface area contributed by atoms with Crippen LogP contribution in [0.15, 0.2) is 10.5 Å². The van der Waals surface area contributed by atoms with Gasteiger partial charge in [0.25, 0.3) is 0 Å². The van der Waals surface area contributed by atoms with Gasteiger partial charge in [-0.05, 0) is 0 Å². The third-order valence-corrected chi connectivity index (χ3v) is 6.04. The van der Waals surface area contributed by atoms with Crippen molar-refractivity contribution in [3.63, 3.8) is 0 Å². The Hall–Kier alpha value is -0.430. The van der Waals surface area contributed by atoms with E-state index in [0.29, 0.717) is 11.8 Å². The molecule has 0 fully saturated rings. The SMILES string of the molecule is Cc1nnc(C2=CCN(I(C)C)CC2)o1. The van der Waals surface area contributed by atoms with E-state index in [9.17, 15) is 0 Å². The molecular formula is C10H16IN3O. The van der Waals surface area contributed by atoms with Gasteiger partial charge in [0.05, 0.1) is 0 Å². The van der Waals surface area contributed by atoms with E-state index in [1.54, 1.807) is 0 Å². The van der Waals surface area contributed by atoms with Crippen molar-refractivity contribution in [3.05, 3.63) is 17.9 Å². The second-order valence-corrected chi connectivity index (χ2v) is 9.14. The van der Waals surface area contributed by atoms with E-state index < -0.39 is 20.1 Å². The van der Waals surface area contributed by atoms with Crippen molar-refractivity contribution in [2.75, 3.05) is 23.0 Å². The number of alkyl halides is 2. The standard InChI is InChI=1S/C10H16IN3O/c1-8-12-13-10(15-8)9-4-6-14(7-5-9)11(2)3/h4H,5-7H2,1-3H3. The molecule has 1 aromatic heterocycles. The molecule has 0 saturated heterocycles. The van der Waals surface area contributed by atoms with Gasteiger partial charge in [0.2, 0.25) is 0 Å². The summed E-state index contributed by atoms with van der Waals surface area (Å²) in [6.07, 6.45) is 3.27. The fraction of sp³-hybridized carbons (Fsp3) is 0.600. The van der Waals surface area contributed by atoms with Gasteiger partial charge >= 0.3 is 97.5 Å². The Balaban J connectivity index is 2.08. The zero-order valence-corrected chi connectivity index (χ0v) is 11.5. The monoisotopic (exact) mass is 321 g/mol. The Kier molecular flexibility index (Phi) is 3.40. The van der Waals surface area contributed by atoms with Crippen LogP contribution in [-0.4, -0.2) is 36.3 Å². The van der Waals surface area contributed by atoms with Crippen LogP contribution in [0.5, 0.6) is 0 Å². The van der Waals surface area contributed by atoms with Crippen molar-refractivity contribution < 1.29 is 4.42 Å². The normalized spacial score (nSPS) is 18.9.